The smallest absolute Gasteiger partial charge is 0.242 e. The van der Waals surface area contributed by atoms with Gasteiger partial charge in [0.1, 0.15) is 6.04 Å². The lowest BCUT2D eigenvalue weighted by Gasteiger charge is -2.35. The van der Waals surface area contributed by atoms with Crippen molar-refractivity contribution in [2.45, 2.75) is 65.5 Å². The maximum absolute atomic E-state index is 12.5. The number of hydrogen-bond donors (Lipinski definition) is 2. The number of likely N-dealkylation sites (N-methyl/N-ethyl adjacent to an activating group) is 1. The molecule has 0 bridgehead atoms. The van der Waals surface area contributed by atoms with Gasteiger partial charge in [-0.25, -0.2) is 0 Å². The second kappa shape index (κ2) is 10.8. The summed E-state index contributed by atoms with van der Waals surface area (Å²) in [7, 11) is 0. The van der Waals surface area contributed by atoms with Gasteiger partial charge in [-0.1, -0.05) is 20.8 Å². The second-order valence-corrected chi connectivity index (χ2v) is 6.39. The standard InChI is InChI=1S/C16H31N3O2.ClH/c1-5-17-13(4)11-18-16(21)14(10-12(2)3)19-9-7-6-8-15(19)20;/h12-14,17H,5-11H2,1-4H3,(H,18,21);1H/t13-,14?;/m1./s1. The third-order valence-corrected chi connectivity index (χ3v) is 3.87. The molecule has 0 spiro atoms. The number of nitrogens with zero attached hydrogens (tertiary/aromatic N) is 1. The molecule has 1 aliphatic heterocycles. The normalized spacial score (nSPS) is 17.9. The van der Waals surface area contributed by atoms with Crippen LogP contribution >= 0.6 is 12.4 Å². The van der Waals surface area contributed by atoms with Gasteiger partial charge in [0, 0.05) is 25.6 Å². The molecular formula is C16H32ClN3O2. The van der Waals surface area contributed by atoms with Crippen LogP contribution in [-0.2, 0) is 9.59 Å². The zero-order valence-electron chi connectivity index (χ0n) is 14.4. The van der Waals surface area contributed by atoms with Crippen molar-refractivity contribution in [2.24, 2.45) is 5.92 Å². The van der Waals surface area contributed by atoms with Crippen molar-refractivity contribution >= 4 is 24.2 Å². The summed E-state index contributed by atoms with van der Waals surface area (Å²) in [4.78, 5) is 26.4. The van der Waals surface area contributed by atoms with Gasteiger partial charge >= 0.3 is 0 Å². The number of nitrogens with one attached hydrogen (secondary N) is 2. The lowest BCUT2D eigenvalue weighted by molar-refractivity contribution is -0.143. The van der Waals surface area contributed by atoms with Crippen molar-refractivity contribution in [1.82, 2.24) is 15.5 Å². The molecule has 0 radical (unpaired) electrons. The first-order valence-electron chi connectivity index (χ1n) is 8.26. The molecule has 2 N–H and O–H groups in total. The van der Waals surface area contributed by atoms with Crippen LogP contribution in [0.15, 0.2) is 0 Å². The van der Waals surface area contributed by atoms with Gasteiger partial charge in [0.2, 0.25) is 11.8 Å². The summed E-state index contributed by atoms with van der Waals surface area (Å²) in [6.07, 6.45) is 3.26. The number of carbonyl (C=O) groups excluding carboxylic acids is 2. The Morgan fingerprint density at radius 1 is 1.27 bits per heavy atom. The summed E-state index contributed by atoms with van der Waals surface area (Å²) in [5, 5.41) is 6.27. The average Bonchev–Trinajstić information content (AvgIpc) is 2.43. The van der Waals surface area contributed by atoms with E-state index in [0.717, 1.165) is 25.8 Å². The maximum Gasteiger partial charge on any atom is 0.242 e. The average molecular weight is 334 g/mol. The maximum atomic E-state index is 12.5. The molecule has 1 saturated heterocycles. The molecule has 1 rings (SSSR count). The van der Waals surface area contributed by atoms with Crippen molar-refractivity contribution in [2.75, 3.05) is 19.6 Å². The van der Waals surface area contributed by atoms with E-state index in [9.17, 15) is 9.59 Å². The van der Waals surface area contributed by atoms with E-state index in [2.05, 4.69) is 24.5 Å². The topological polar surface area (TPSA) is 61.4 Å². The number of likely N-dealkylation sites (tertiary alicyclic amines) is 1. The van der Waals surface area contributed by atoms with Gasteiger partial charge < -0.3 is 15.5 Å². The number of rotatable bonds is 8. The molecular weight excluding hydrogens is 302 g/mol. The lowest BCUT2D eigenvalue weighted by atomic mass is 9.98. The fourth-order valence-corrected chi connectivity index (χ4v) is 2.77. The minimum atomic E-state index is -0.313. The van der Waals surface area contributed by atoms with Crippen LogP contribution in [0.25, 0.3) is 0 Å². The summed E-state index contributed by atoms with van der Waals surface area (Å²) in [5.41, 5.74) is 0. The van der Waals surface area contributed by atoms with Crippen LogP contribution in [-0.4, -0.2) is 48.4 Å². The fraction of sp³-hybridized carbons (Fsp3) is 0.875. The van der Waals surface area contributed by atoms with E-state index >= 15 is 0 Å². The van der Waals surface area contributed by atoms with Crippen molar-refractivity contribution in [3.8, 4) is 0 Å². The first kappa shape index (κ1) is 21.2. The SMILES string of the molecule is CCN[C@H](C)CNC(=O)C(CC(C)C)N1CCCCC1=O.Cl. The minimum absolute atomic E-state index is 0. The third-order valence-electron chi connectivity index (χ3n) is 3.87. The van der Waals surface area contributed by atoms with E-state index < -0.39 is 0 Å². The number of piperidine rings is 1. The third kappa shape index (κ3) is 6.97. The van der Waals surface area contributed by atoms with Crippen LogP contribution in [0.5, 0.6) is 0 Å². The van der Waals surface area contributed by atoms with Crippen LogP contribution in [0.4, 0.5) is 0 Å². The van der Waals surface area contributed by atoms with Crippen molar-refractivity contribution < 1.29 is 9.59 Å². The Labute approximate surface area is 141 Å². The first-order valence-corrected chi connectivity index (χ1v) is 8.26. The molecule has 130 valence electrons. The van der Waals surface area contributed by atoms with Crippen LogP contribution in [0.3, 0.4) is 0 Å². The largest absolute Gasteiger partial charge is 0.353 e. The first-order chi connectivity index (χ1) is 9.95. The Hall–Kier alpha value is -0.810. The number of carbonyl (C=O) groups is 2. The molecule has 2 atom stereocenters. The van der Waals surface area contributed by atoms with E-state index in [4.69, 9.17) is 0 Å². The van der Waals surface area contributed by atoms with Crippen LogP contribution in [0.2, 0.25) is 0 Å². The molecule has 1 heterocycles. The van der Waals surface area contributed by atoms with Crippen molar-refractivity contribution in [3.63, 3.8) is 0 Å². The Bertz CT molecular complexity index is 350. The quantitative estimate of drug-likeness (QED) is 0.713. The van der Waals surface area contributed by atoms with E-state index in [1.807, 2.05) is 13.8 Å². The molecule has 1 aliphatic rings. The van der Waals surface area contributed by atoms with E-state index in [-0.39, 0.29) is 36.3 Å². The Balaban J connectivity index is 0.00000441. The monoisotopic (exact) mass is 333 g/mol. The van der Waals surface area contributed by atoms with Gasteiger partial charge in [0.15, 0.2) is 0 Å². The number of amides is 2. The van der Waals surface area contributed by atoms with Gasteiger partial charge in [-0.05, 0) is 38.6 Å². The summed E-state index contributed by atoms with van der Waals surface area (Å²) in [5.74, 6) is 0.507. The van der Waals surface area contributed by atoms with Gasteiger partial charge in [0.25, 0.3) is 0 Å². The predicted octanol–water partition coefficient (Wildman–Crippen LogP) is 1.95. The van der Waals surface area contributed by atoms with Crippen molar-refractivity contribution in [1.29, 1.82) is 0 Å². The summed E-state index contributed by atoms with van der Waals surface area (Å²) in [6, 6.07) is -0.0673. The van der Waals surface area contributed by atoms with Crippen molar-refractivity contribution in [3.05, 3.63) is 0 Å². The molecule has 0 aliphatic carbocycles. The zero-order chi connectivity index (χ0) is 15.8. The molecule has 0 saturated carbocycles. The molecule has 0 aromatic rings. The molecule has 0 aromatic heterocycles. The molecule has 1 fully saturated rings. The zero-order valence-corrected chi connectivity index (χ0v) is 15.2. The lowest BCUT2D eigenvalue weighted by Crippen LogP contribution is -2.53. The molecule has 0 aromatic carbocycles. The highest BCUT2D eigenvalue weighted by Gasteiger charge is 2.31. The second-order valence-electron chi connectivity index (χ2n) is 6.39. The Morgan fingerprint density at radius 2 is 1.95 bits per heavy atom. The Kier molecular flexibility index (Phi) is 10.4. The van der Waals surface area contributed by atoms with Gasteiger partial charge in [0.05, 0.1) is 0 Å². The Morgan fingerprint density at radius 3 is 2.50 bits per heavy atom. The molecule has 2 amide bonds. The summed E-state index contributed by atoms with van der Waals surface area (Å²) in [6.45, 7) is 10.5. The van der Waals surface area contributed by atoms with Crippen LogP contribution in [0.1, 0.15) is 53.4 Å². The van der Waals surface area contributed by atoms with Gasteiger partial charge in [-0.2, -0.15) is 0 Å². The highest BCUT2D eigenvalue weighted by Crippen LogP contribution is 2.19. The van der Waals surface area contributed by atoms with Crippen LogP contribution < -0.4 is 10.6 Å². The highest BCUT2D eigenvalue weighted by molar-refractivity contribution is 5.88. The number of hydrogen-bond acceptors (Lipinski definition) is 3. The van der Waals surface area contributed by atoms with Crippen LogP contribution in [0, 0.1) is 5.92 Å². The number of halogens is 1. The minimum Gasteiger partial charge on any atom is -0.353 e. The summed E-state index contributed by atoms with van der Waals surface area (Å²) < 4.78 is 0. The van der Waals surface area contributed by atoms with E-state index in [0.29, 0.717) is 25.4 Å². The predicted molar refractivity (Wildman–Crippen MR) is 92.2 cm³/mol. The van der Waals surface area contributed by atoms with E-state index in [1.54, 1.807) is 4.90 Å². The van der Waals surface area contributed by atoms with E-state index in [1.165, 1.54) is 0 Å². The highest BCUT2D eigenvalue weighted by atomic mass is 35.5. The fourth-order valence-electron chi connectivity index (χ4n) is 2.77. The molecule has 6 heteroatoms. The summed E-state index contributed by atoms with van der Waals surface area (Å²) >= 11 is 0. The molecule has 1 unspecified atom stereocenters. The van der Waals surface area contributed by atoms with Gasteiger partial charge in [-0.15, -0.1) is 12.4 Å². The molecule has 5 nitrogen and oxygen atoms in total. The van der Waals surface area contributed by atoms with Gasteiger partial charge in [-0.3, -0.25) is 9.59 Å². The molecule has 22 heavy (non-hydrogen) atoms.